The molecule has 0 saturated carbocycles. The molecule has 0 aliphatic heterocycles. The number of benzene rings is 2. The Hall–Kier alpha value is -1.96. The smallest absolute Gasteiger partial charge is 0.193 e. The Balaban J connectivity index is 2.47. The molecule has 2 aromatic carbocycles. The lowest BCUT2D eigenvalue weighted by Gasteiger charge is -2.07. The average Bonchev–Trinajstić information content (AvgIpc) is 2.35. The fraction of sp³-hybridized carbons (Fsp3) is 0.188. The molecule has 0 saturated heterocycles. The lowest BCUT2D eigenvalue weighted by atomic mass is 9.96. The summed E-state index contributed by atoms with van der Waals surface area (Å²) in [6, 6.07) is 9.84. The van der Waals surface area contributed by atoms with E-state index >= 15 is 0 Å². The molecule has 1 nitrogen and oxygen atoms in total. The van der Waals surface area contributed by atoms with Crippen molar-refractivity contribution in [2.75, 3.05) is 0 Å². The molecule has 2 rings (SSSR count). The van der Waals surface area contributed by atoms with Crippen molar-refractivity contribution in [2.45, 2.75) is 20.8 Å². The SMILES string of the molecule is Cc1ccc(C(=O)c2cc(F)ccc2C)cc1C. The third-order valence-electron chi connectivity index (χ3n) is 3.21. The maximum absolute atomic E-state index is 13.2. The molecule has 0 aromatic heterocycles. The number of ketones is 1. The summed E-state index contributed by atoms with van der Waals surface area (Å²) < 4.78 is 13.2. The monoisotopic (exact) mass is 242 g/mol. The highest BCUT2D eigenvalue weighted by atomic mass is 19.1. The number of carbonyl (C=O) groups excluding carboxylic acids is 1. The van der Waals surface area contributed by atoms with Crippen molar-refractivity contribution in [3.05, 3.63) is 70.0 Å². The van der Waals surface area contributed by atoms with Gasteiger partial charge in [0.25, 0.3) is 0 Å². The molecule has 0 bridgehead atoms. The zero-order valence-corrected chi connectivity index (χ0v) is 10.8. The van der Waals surface area contributed by atoms with E-state index in [0.29, 0.717) is 11.1 Å². The van der Waals surface area contributed by atoms with Crippen molar-refractivity contribution in [3.8, 4) is 0 Å². The van der Waals surface area contributed by atoms with Crippen LogP contribution in [-0.2, 0) is 0 Å². The van der Waals surface area contributed by atoms with Crippen molar-refractivity contribution in [2.24, 2.45) is 0 Å². The van der Waals surface area contributed by atoms with E-state index in [4.69, 9.17) is 0 Å². The Morgan fingerprint density at radius 3 is 2.22 bits per heavy atom. The van der Waals surface area contributed by atoms with Gasteiger partial charge in [-0.05, 0) is 55.7 Å². The summed E-state index contributed by atoms with van der Waals surface area (Å²) in [6.45, 7) is 5.77. The Kier molecular flexibility index (Phi) is 3.28. The second-order valence-corrected chi connectivity index (χ2v) is 4.59. The van der Waals surface area contributed by atoms with Crippen molar-refractivity contribution in [1.82, 2.24) is 0 Å². The first-order valence-corrected chi connectivity index (χ1v) is 5.87. The van der Waals surface area contributed by atoms with Crippen LogP contribution in [0.2, 0.25) is 0 Å². The van der Waals surface area contributed by atoms with Gasteiger partial charge in [-0.2, -0.15) is 0 Å². The summed E-state index contributed by atoms with van der Waals surface area (Å²) in [5, 5.41) is 0. The van der Waals surface area contributed by atoms with E-state index < -0.39 is 0 Å². The number of hydrogen-bond donors (Lipinski definition) is 0. The van der Waals surface area contributed by atoms with Gasteiger partial charge in [0.15, 0.2) is 5.78 Å². The van der Waals surface area contributed by atoms with Gasteiger partial charge in [0.2, 0.25) is 0 Å². The Morgan fingerprint density at radius 2 is 1.56 bits per heavy atom. The van der Waals surface area contributed by atoms with Crippen molar-refractivity contribution in [1.29, 1.82) is 0 Å². The molecule has 2 aromatic rings. The van der Waals surface area contributed by atoms with Gasteiger partial charge in [-0.3, -0.25) is 4.79 Å². The molecule has 0 heterocycles. The molecule has 0 amide bonds. The minimum Gasteiger partial charge on any atom is -0.289 e. The zero-order chi connectivity index (χ0) is 13.3. The van der Waals surface area contributed by atoms with E-state index in [1.807, 2.05) is 32.9 Å². The van der Waals surface area contributed by atoms with Gasteiger partial charge in [-0.1, -0.05) is 18.2 Å². The van der Waals surface area contributed by atoms with Gasteiger partial charge < -0.3 is 0 Å². The minimum absolute atomic E-state index is 0.130. The highest BCUT2D eigenvalue weighted by Crippen LogP contribution is 2.17. The molecular formula is C16H15FO. The van der Waals surface area contributed by atoms with Gasteiger partial charge in [-0.25, -0.2) is 4.39 Å². The molecule has 0 spiro atoms. The molecule has 2 heteroatoms. The zero-order valence-electron chi connectivity index (χ0n) is 10.8. The van der Waals surface area contributed by atoms with Crippen LogP contribution in [0.25, 0.3) is 0 Å². The fourth-order valence-corrected chi connectivity index (χ4v) is 1.88. The van der Waals surface area contributed by atoms with Crippen LogP contribution in [0.15, 0.2) is 36.4 Å². The summed E-state index contributed by atoms with van der Waals surface area (Å²) in [5.41, 5.74) is 4.03. The lowest BCUT2D eigenvalue weighted by Crippen LogP contribution is -2.05. The van der Waals surface area contributed by atoms with Gasteiger partial charge in [0.05, 0.1) is 0 Å². The summed E-state index contributed by atoms with van der Waals surface area (Å²) >= 11 is 0. The molecule has 0 fully saturated rings. The maximum Gasteiger partial charge on any atom is 0.193 e. The Labute approximate surface area is 106 Å². The van der Waals surface area contributed by atoms with Gasteiger partial charge in [0.1, 0.15) is 5.82 Å². The maximum atomic E-state index is 13.2. The third-order valence-corrected chi connectivity index (χ3v) is 3.21. The van der Waals surface area contributed by atoms with Crippen LogP contribution in [0.1, 0.15) is 32.6 Å². The molecule has 92 valence electrons. The van der Waals surface area contributed by atoms with E-state index in [2.05, 4.69) is 0 Å². The summed E-state index contributed by atoms with van der Waals surface area (Å²) in [5.74, 6) is -0.511. The molecule has 18 heavy (non-hydrogen) atoms. The van der Waals surface area contributed by atoms with Crippen LogP contribution in [0.5, 0.6) is 0 Å². The highest BCUT2D eigenvalue weighted by molar-refractivity contribution is 6.10. The van der Waals surface area contributed by atoms with Crippen LogP contribution in [0, 0.1) is 26.6 Å². The number of rotatable bonds is 2. The first kappa shape index (κ1) is 12.5. The van der Waals surface area contributed by atoms with Gasteiger partial charge in [0, 0.05) is 11.1 Å². The standard InChI is InChI=1S/C16H15FO/c1-10-4-6-13(8-12(10)3)16(18)15-9-14(17)7-5-11(15)2/h4-9H,1-3H3. The van der Waals surface area contributed by atoms with Crippen LogP contribution in [-0.4, -0.2) is 5.78 Å². The van der Waals surface area contributed by atoms with Crippen molar-refractivity contribution in [3.63, 3.8) is 0 Å². The Bertz CT molecular complexity index is 614. The summed E-state index contributed by atoms with van der Waals surface area (Å²) in [4.78, 5) is 12.3. The molecule has 0 atom stereocenters. The predicted molar refractivity (Wildman–Crippen MR) is 70.5 cm³/mol. The second-order valence-electron chi connectivity index (χ2n) is 4.59. The number of carbonyl (C=O) groups is 1. The van der Waals surface area contributed by atoms with Crippen LogP contribution < -0.4 is 0 Å². The number of hydrogen-bond acceptors (Lipinski definition) is 1. The molecule has 0 unspecified atom stereocenters. The topological polar surface area (TPSA) is 17.1 Å². The highest BCUT2D eigenvalue weighted by Gasteiger charge is 2.13. The first-order valence-electron chi connectivity index (χ1n) is 5.87. The Morgan fingerprint density at radius 1 is 0.889 bits per heavy atom. The van der Waals surface area contributed by atoms with E-state index in [9.17, 15) is 9.18 Å². The number of halogens is 1. The quantitative estimate of drug-likeness (QED) is 0.728. The van der Waals surface area contributed by atoms with Crippen LogP contribution in [0.4, 0.5) is 4.39 Å². The van der Waals surface area contributed by atoms with Gasteiger partial charge >= 0.3 is 0 Å². The van der Waals surface area contributed by atoms with Gasteiger partial charge in [-0.15, -0.1) is 0 Å². The molecule has 0 radical (unpaired) electrons. The molecule has 0 aliphatic rings. The van der Waals surface area contributed by atoms with E-state index in [-0.39, 0.29) is 11.6 Å². The molecule has 0 aliphatic carbocycles. The summed E-state index contributed by atoms with van der Waals surface area (Å²) in [7, 11) is 0. The largest absolute Gasteiger partial charge is 0.289 e. The average molecular weight is 242 g/mol. The van der Waals surface area contributed by atoms with E-state index in [1.54, 1.807) is 12.1 Å². The minimum atomic E-state index is -0.382. The normalized spacial score (nSPS) is 10.4. The fourth-order valence-electron chi connectivity index (χ4n) is 1.88. The third kappa shape index (κ3) is 2.33. The van der Waals surface area contributed by atoms with E-state index in [0.717, 1.165) is 16.7 Å². The van der Waals surface area contributed by atoms with Crippen LogP contribution >= 0.6 is 0 Å². The second kappa shape index (κ2) is 4.73. The first-order chi connectivity index (χ1) is 8.49. The molecule has 0 N–H and O–H groups in total. The summed E-state index contributed by atoms with van der Waals surface area (Å²) in [6.07, 6.45) is 0. The van der Waals surface area contributed by atoms with Crippen LogP contribution in [0.3, 0.4) is 0 Å². The number of aryl methyl sites for hydroxylation is 3. The van der Waals surface area contributed by atoms with E-state index in [1.165, 1.54) is 12.1 Å². The predicted octanol–water partition coefficient (Wildman–Crippen LogP) is 3.98. The lowest BCUT2D eigenvalue weighted by molar-refractivity contribution is 0.103. The van der Waals surface area contributed by atoms with Crippen molar-refractivity contribution < 1.29 is 9.18 Å². The molecular weight excluding hydrogens is 227 g/mol. The van der Waals surface area contributed by atoms with Crippen molar-refractivity contribution >= 4 is 5.78 Å².